The van der Waals surface area contributed by atoms with Gasteiger partial charge in [0.15, 0.2) is 5.82 Å². The van der Waals surface area contributed by atoms with Crippen molar-refractivity contribution in [1.29, 1.82) is 0 Å². The van der Waals surface area contributed by atoms with E-state index in [0.717, 1.165) is 6.07 Å². The van der Waals surface area contributed by atoms with Gasteiger partial charge in [0.05, 0.1) is 18.0 Å². The van der Waals surface area contributed by atoms with E-state index in [4.69, 9.17) is 11.6 Å². The number of benzene rings is 1. The van der Waals surface area contributed by atoms with Gasteiger partial charge in [-0.1, -0.05) is 11.6 Å². The summed E-state index contributed by atoms with van der Waals surface area (Å²) in [5.74, 6) is -0.856. The molecule has 18 heavy (non-hydrogen) atoms. The Labute approximate surface area is 107 Å². The molecular weight excluding hydrogens is 258 g/mol. The average Bonchev–Trinajstić information content (AvgIpc) is 2.32. The van der Waals surface area contributed by atoms with Crippen LogP contribution in [0.1, 0.15) is 10.4 Å². The second-order valence-electron chi connectivity index (χ2n) is 3.38. The summed E-state index contributed by atoms with van der Waals surface area (Å²) in [5.41, 5.74) is -0.0724. The van der Waals surface area contributed by atoms with Gasteiger partial charge < -0.3 is 15.5 Å². The maximum atomic E-state index is 11.8. The van der Waals surface area contributed by atoms with Crippen molar-refractivity contribution in [2.75, 3.05) is 5.32 Å². The number of amides is 1. The normalized spacial score (nSPS) is 10.1. The zero-order valence-corrected chi connectivity index (χ0v) is 9.72. The molecule has 1 aromatic heterocycles. The number of aromatic nitrogens is 2. The third kappa shape index (κ3) is 2.67. The molecule has 3 N–H and O–H groups in total. The van der Waals surface area contributed by atoms with Crippen molar-refractivity contribution in [3.05, 3.63) is 41.3 Å². The first-order valence-corrected chi connectivity index (χ1v) is 5.25. The van der Waals surface area contributed by atoms with Crippen LogP contribution in [0.25, 0.3) is 0 Å². The second-order valence-corrected chi connectivity index (χ2v) is 3.77. The molecule has 0 aliphatic carbocycles. The molecule has 0 aliphatic rings. The smallest absolute Gasteiger partial charge is 0.260 e. The monoisotopic (exact) mass is 265 g/mol. The Hall–Kier alpha value is -2.34. The molecule has 0 unspecified atom stereocenters. The summed E-state index contributed by atoms with van der Waals surface area (Å²) in [6.45, 7) is 0. The van der Waals surface area contributed by atoms with Crippen molar-refractivity contribution in [3.8, 4) is 11.5 Å². The molecule has 2 rings (SSSR count). The molecule has 1 aromatic carbocycles. The lowest BCUT2D eigenvalue weighted by atomic mass is 10.2. The van der Waals surface area contributed by atoms with Crippen LogP contribution < -0.4 is 5.32 Å². The number of phenols is 2. The molecule has 0 spiro atoms. The van der Waals surface area contributed by atoms with E-state index in [9.17, 15) is 15.0 Å². The van der Waals surface area contributed by atoms with Crippen molar-refractivity contribution in [2.45, 2.75) is 0 Å². The molecule has 7 heteroatoms. The Morgan fingerprint density at radius 1 is 1.28 bits per heavy atom. The summed E-state index contributed by atoms with van der Waals surface area (Å²) in [4.78, 5) is 19.4. The highest BCUT2D eigenvalue weighted by atomic mass is 35.5. The quantitative estimate of drug-likeness (QED) is 0.720. The summed E-state index contributed by atoms with van der Waals surface area (Å²) in [6, 6.07) is 3.63. The predicted octanol–water partition coefficient (Wildman–Crippen LogP) is 1.79. The molecule has 0 saturated heterocycles. The van der Waals surface area contributed by atoms with Gasteiger partial charge in [-0.25, -0.2) is 4.98 Å². The predicted molar refractivity (Wildman–Crippen MR) is 64.8 cm³/mol. The van der Waals surface area contributed by atoms with Crippen LogP contribution in [0.4, 0.5) is 5.82 Å². The van der Waals surface area contributed by atoms with Crippen LogP contribution in [0.15, 0.2) is 30.6 Å². The van der Waals surface area contributed by atoms with Crippen LogP contribution in [0.3, 0.4) is 0 Å². The van der Waals surface area contributed by atoms with Crippen LogP contribution in [-0.4, -0.2) is 26.1 Å². The van der Waals surface area contributed by atoms with Gasteiger partial charge >= 0.3 is 0 Å². The minimum Gasteiger partial charge on any atom is -0.508 e. The molecule has 0 radical (unpaired) electrons. The highest BCUT2D eigenvalue weighted by Crippen LogP contribution is 2.22. The maximum Gasteiger partial charge on any atom is 0.260 e. The summed E-state index contributed by atoms with van der Waals surface area (Å²) in [6.07, 6.45) is 2.63. The first-order valence-electron chi connectivity index (χ1n) is 4.87. The van der Waals surface area contributed by atoms with Gasteiger partial charge in [0, 0.05) is 0 Å². The van der Waals surface area contributed by atoms with E-state index in [1.165, 1.54) is 24.5 Å². The van der Waals surface area contributed by atoms with E-state index >= 15 is 0 Å². The zero-order chi connectivity index (χ0) is 13.1. The van der Waals surface area contributed by atoms with Crippen LogP contribution in [-0.2, 0) is 0 Å². The third-order valence-electron chi connectivity index (χ3n) is 2.07. The molecule has 2 aromatic rings. The van der Waals surface area contributed by atoms with Crippen molar-refractivity contribution in [3.63, 3.8) is 0 Å². The van der Waals surface area contributed by atoms with E-state index in [0.29, 0.717) is 0 Å². The number of rotatable bonds is 2. The fraction of sp³-hybridized carbons (Fsp3) is 0. The largest absolute Gasteiger partial charge is 0.508 e. The van der Waals surface area contributed by atoms with Crippen LogP contribution in [0.5, 0.6) is 11.5 Å². The minimum atomic E-state index is -0.625. The lowest BCUT2D eigenvalue weighted by Gasteiger charge is -2.06. The highest BCUT2D eigenvalue weighted by Gasteiger charge is 2.13. The topological polar surface area (TPSA) is 95.3 Å². The standard InChI is InChI=1S/C11H8ClN3O3/c12-9-4-13-5-10(14-9)15-11(18)7-3-6(16)1-2-8(7)17/h1-5,16-17H,(H,14,15,18). The SMILES string of the molecule is O=C(Nc1cncc(Cl)n1)c1cc(O)ccc1O. The Kier molecular flexibility index (Phi) is 3.29. The van der Waals surface area contributed by atoms with E-state index in [1.807, 2.05) is 0 Å². The van der Waals surface area contributed by atoms with Gasteiger partial charge in [-0.3, -0.25) is 9.78 Å². The second kappa shape index (κ2) is 4.89. The van der Waals surface area contributed by atoms with Gasteiger partial charge in [-0.15, -0.1) is 0 Å². The zero-order valence-electron chi connectivity index (χ0n) is 8.96. The Balaban J connectivity index is 2.24. The highest BCUT2D eigenvalue weighted by molar-refractivity contribution is 6.29. The summed E-state index contributed by atoms with van der Waals surface area (Å²) < 4.78 is 0. The number of phenolic OH excluding ortho intramolecular Hbond substituents is 2. The van der Waals surface area contributed by atoms with Crippen molar-refractivity contribution in [2.24, 2.45) is 0 Å². The fourth-order valence-electron chi connectivity index (χ4n) is 1.29. The molecular formula is C11H8ClN3O3. The van der Waals surface area contributed by atoms with E-state index in [1.54, 1.807) is 0 Å². The molecule has 1 amide bonds. The van der Waals surface area contributed by atoms with Gasteiger partial charge in [0.2, 0.25) is 0 Å². The lowest BCUT2D eigenvalue weighted by Crippen LogP contribution is -2.13. The van der Waals surface area contributed by atoms with Gasteiger partial charge in [-0.05, 0) is 18.2 Å². The Morgan fingerprint density at radius 3 is 2.78 bits per heavy atom. The summed E-state index contributed by atoms with van der Waals surface area (Å²) >= 11 is 5.62. The van der Waals surface area contributed by atoms with Crippen LogP contribution in [0.2, 0.25) is 5.15 Å². The molecule has 0 atom stereocenters. The fourth-order valence-corrected chi connectivity index (χ4v) is 1.44. The molecule has 0 saturated carbocycles. The number of anilines is 1. The first kappa shape index (κ1) is 12.1. The van der Waals surface area contributed by atoms with Gasteiger partial charge in [-0.2, -0.15) is 0 Å². The summed E-state index contributed by atoms with van der Waals surface area (Å²) in [7, 11) is 0. The average molecular weight is 266 g/mol. The molecule has 92 valence electrons. The number of nitrogens with one attached hydrogen (secondary N) is 1. The van der Waals surface area contributed by atoms with Crippen molar-refractivity contribution in [1.82, 2.24) is 9.97 Å². The first-order chi connectivity index (χ1) is 8.56. The Morgan fingerprint density at radius 2 is 2.06 bits per heavy atom. The van der Waals surface area contributed by atoms with Crippen LogP contribution in [0, 0.1) is 0 Å². The van der Waals surface area contributed by atoms with E-state index in [2.05, 4.69) is 15.3 Å². The third-order valence-corrected chi connectivity index (χ3v) is 2.25. The number of hydrogen-bond acceptors (Lipinski definition) is 5. The van der Waals surface area contributed by atoms with Crippen molar-refractivity contribution >= 4 is 23.3 Å². The minimum absolute atomic E-state index is 0.0724. The number of carbonyl (C=O) groups excluding carboxylic acids is 1. The molecule has 0 fully saturated rings. The number of halogens is 1. The van der Waals surface area contributed by atoms with Gasteiger partial charge in [0.25, 0.3) is 5.91 Å². The molecule has 0 bridgehead atoms. The Bertz CT molecular complexity index is 604. The lowest BCUT2D eigenvalue weighted by molar-refractivity contribution is 0.102. The number of nitrogens with zero attached hydrogens (tertiary/aromatic N) is 2. The number of carbonyl (C=O) groups is 1. The molecule has 0 aliphatic heterocycles. The molecule has 6 nitrogen and oxygen atoms in total. The number of hydrogen-bond donors (Lipinski definition) is 3. The van der Waals surface area contributed by atoms with Crippen molar-refractivity contribution < 1.29 is 15.0 Å². The number of aromatic hydroxyl groups is 2. The van der Waals surface area contributed by atoms with E-state index < -0.39 is 5.91 Å². The van der Waals surface area contributed by atoms with E-state index in [-0.39, 0.29) is 28.0 Å². The molecule has 1 heterocycles. The van der Waals surface area contributed by atoms with Crippen LogP contribution >= 0.6 is 11.6 Å². The summed E-state index contributed by atoms with van der Waals surface area (Å²) in [5, 5.41) is 21.3. The maximum absolute atomic E-state index is 11.8. The van der Waals surface area contributed by atoms with Gasteiger partial charge in [0.1, 0.15) is 16.7 Å².